The van der Waals surface area contributed by atoms with E-state index in [0.29, 0.717) is 10.8 Å². The number of carbonyl (C=O) groups is 1. The van der Waals surface area contributed by atoms with E-state index in [2.05, 4.69) is 9.36 Å². The third-order valence-electron chi connectivity index (χ3n) is 0.872. The maximum atomic E-state index is 10.1. The first-order chi connectivity index (χ1) is 4.68. The quantitative estimate of drug-likeness (QED) is 0.679. The van der Waals surface area contributed by atoms with E-state index in [0.717, 1.165) is 11.5 Å². The molecule has 0 unspecified atom stereocenters. The Kier molecular flexibility index (Phi) is 1.96. The van der Waals surface area contributed by atoms with Crippen molar-refractivity contribution >= 4 is 17.5 Å². The van der Waals surface area contributed by atoms with Crippen molar-refractivity contribution in [1.82, 2.24) is 9.36 Å². The molecule has 0 aliphatic carbocycles. The minimum Gasteiger partial charge on any atom is -0.481 e. The van der Waals surface area contributed by atoms with Gasteiger partial charge in [0.15, 0.2) is 0 Å². The van der Waals surface area contributed by atoms with Crippen molar-refractivity contribution in [3.05, 3.63) is 10.8 Å². The average molecular weight is 158 g/mol. The Morgan fingerprint density at radius 2 is 2.50 bits per heavy atom. The highest BCUT2D eigenvalue weighted by molar-refractivity contribution is 7.05. The summed E-state index contributed by atoms with van der Waals surface area (Å²) in [6.07, 6.45) is -0.0223. The van der Waals surface area contributed by atoms with Gasteiger partial charge >= 0.3 is 5.97 Å². The van der Waals surface area contributed by atoms with Crippen LogP contribution in [0.25, 0.3) is 0 Å². The van der Waals surface area contributed by atoms with Crippen molar-refractivity contribution in [3.63, 3.8) is 0 Å². The molecule has 0 aromatic carbocycles. The van der Waals surface area contributed by atoms with Crippen LogP contribution in [-0.4, -0.2) is 20.4 Å². The van der Waals surface area contributed by atoms with E-state index >= 15 is 0 Å². The highest BCUT2D eigenvalue weighted by Crippen LogP contribution is 2.03. The van der Waals surface area contributed by atoms with Gasteiger partial charge in [-0.05, 0) is 18.5 Å². The molecule has 1 aromatic heterocycles. The van der Waals surface area contributed by atoms with Gasteiger partial charge in [0.2, 0.25) is 0 Å². The van der Waals surface area contributed by atoms with Crippen molar-refractivity contribution in [2.75, 3.05) is 0 Å². The molecule has 4 nitrogen and oxygen atoms in total. The molecular formula is C5H6N2O2S. The second-order valence-corrected chi connectivity index (χ2v) is 2.64. The summed E-state index contributed by atoms with van der Waals surface area (Å²) in [4.78, 5) is 14.0. The van der Waals surface area contributed by atoms with Gasteiger partial charge in [-0.2, -0.15) is 4.37 Å². The van der Waals surface area contributed by atoms with Crippen LogP contribution < -0.4 is 0 Å². The molecule has 1 aromatic rings. The maximum absolute atomic E-state index is 10.1. The first-order valence-corrected chi connectivity index (χ1v) is 3.47. The van der Waals surface area contributed by atoms with Gasteiger partial charge in [-0.3, -0.25) is 4.79 Å². The average Bonchev–Trinajstić information content (AvgIpc) is 2.13. The first kappa shape index (κ1) is 7.14. The van der Waals surface area contributed by atoms with Crippen molar-refractivity contribution in [2.24, 2.45) is 0 Å². The van der Waals surface area contributed by atoms with Crippen LogP contribution in [0.2, 0.25) is 0 Å². The summed E-state index contributed by atoms with van der Waals surface area (Å²) >= 11 is 1.14. The number of aryl methyl sites for hydroxylation is 1. The number of aromatic nitrogens is 2. The van der Waals surface area contributed by atoms with Crippen LogP contribution in [-0.2, 0) is 11.2 Å². The van der Waals surface area contributed by atoms with Crippen molar-refractivity contribution in [3.8, 4) is 0 Å². The molecule has 0 spiro atoms. The van der Waals surface area contributed by atoms with E-state index in [1.165, 1.54) is 0 Å². The summed E-state index contributed by atoms with van der Waals surface area (Å²) in [6, 6.07) is 0. The lowest BCUT2D eigenvalue weighted by Gasteiger charge is -1.83. The SMILES string of the molecule is Cc1nsc(CC(=O)O)n1. The number of aliphatic carboxylic acids is 1. The summed E-state index contributed by atoms with van der Waals surface area (Å²) < 4.78 is 3.84. The second kappa shape index (κ2) is 2.74. The molecule has 0 bridgehead atoms. The van der Waals surface area contributed by atoms with E-state index in [1.54, 1.807) is 6.92 Å². The highest BCUT2D eigenvalue weighted by atomic mass is 32.1. The molecule has 54 valence electrons. The molecular weight excluding hydrogens is 152 g/mol. The molecule has 5 heteroatoms. The summed E-state index contributed by atoms with van der Waals surface area (Å²) in [5.74, 6) is -0.225. The zero-order chi connectivity index (χ0) is 7.56. The number of rotatable bonds is 2. The van der Waals surface area contributed by atoms with Gasteiger partial charge in [0.05, 0.1) is 6.42 Å². The summed E-state index contributed by atoms with van der Waals surface area (Å²) in [7, 11) is 0. The summed E-state index contributed by atoms with van der Waals surface area (Å²) in [5, 5.41) is 8.88. The van der Waals surface area contributed by atoms with Gasteiger partial charge < -0.3 is 5.11 Å². The molecule has 10 heavy (non-hydrogen) atoms. The molecule has 0 atom stereocenters. The highest BCUT2D eigenvalue weighted by Gasteiger charge is 2.04. The Bertz CT molecular complexity index is 246. The van der Waals surface area contributed by atoms with Crippen LogP contribution in [0.15, 0.2) is 0 Å². The predicted octanol–water partition coefficient (Wildman–Crippen LogP) is 0.474. The van der Waals surface area contributed by atoms with E-state index < -0.39 is 5.97 Å². The lowest BCUT2D eigenvalue weighted by Crippen LogP contribution is -1.98. The number of hydrogen-bond acceptors (Lipinski definition) is 4. The monoisotopic (exact) mass is 158 g/mol. The topological polar surface area (TPSA) is 63.1 Å². The lowest BCUT2D eigenvalue weighted by molar-refractivity contribution is -0.136. The normalized spacial score (nSPS) is 9.70. The molecule has 0 aliphatic heterocycles. The van der Waals surface area contributed by atoms with Crippen LogP contribution in [0.5, 0.6) is 0 Å². The number of hydrogen-bond donors (Lipinski definition) is 1. The van der Waals surface area contributed by atoms with Gasteiger partial charge in [0.1, 0.15) is 10.8 Å². The maximum Gasteiger partial charge on any atom is 0.310 e. The van der Waals surface area contributed by atoms with Gasteiger partial charge in [0, 0.05) is 0 Å². The second-order valence-electron chi connectivity index (χ2n) is 1.81. The van der Waals surface area contributed by atoms with Gasteiger partial charge in [-0.1, -0.05) is 0 Å². The molecule has 0 saturated carbocycles. The lowest BCUT2D eigenvalue weighted by atomic mass is 10.5. The van der Waals surface area contributed by atoms with Crippen molar-refractivity contribution in [2.45, 2.75) is 13.3 Å². The third-order valence-corrected chi connectivity index (χ3v) is 1.67. The van der Waals surface area contributed by atoms with E-state index in [1.807, 2.05) is 0 Å². The Labute approximate surface area is 61.7 Å². The van der Waals surface area contributed by atoms with E-state index in [-0.39, 0.29) is 6.42 Å². The molecule has 0 radical (unpaired) electrons. The zero-order valence-corrected chi connectivity index (χ0v) is 6.18. The molecule has 1 rings (SSSR count). The molecule has 0 fully saturated rings. The van der Waals surface area contributed by atoms with Crippen molar-refractivity contribution in [1.29, 1.82) is 0 Å². The first-order valence-electron chi connectivity index (χ1n) is 2.69. The van der Waals surface area contributed by atoms with Crippen LogP contribution in [0, 0.1) is 6.92 Å². The van der Waals surface area contributed by atoms with Crippen LogP contribution >= 0.6 is 11.5 Å². The van der Waals surface area contributed by atoms with E-state index in [4.69, 9.17) is 5.11 Å². The van der Waals surface area contributed by atoms with Crippen LogP contribution in [0.1, 0.15) is 10.8 Å². The van der Waals surface area contributed by atoms with Gasteiger partial charge in [-0.25, -0.2) is 4.98 Å². The van der Waals surface area contributed by atoms with Gasteiger partial charge in [0.25, 0.3) is 0 Å². The van der Waals surface area contributed by atoms with Crippen LogP contribution in [0.3, 0.4) is 0 Å². The van der Waals surface area contributed by atoms with Gasteiger partial charge in [-0.15, -0.1) is 0 Å². The Morgan fingerprint density at radius 1 is 1.80 bits per heavy atom. The number of nitrogens with zero attached hydrogens (tertiary/aromatic N) is 2. The molecule has 1 heterocycles. The minimum absolute atomic E-state index is 0.0223. The number of carboxylic acid groups (broad SMARTS) is 1. The molecule has 0 aliphatic rings. The zero-order valence-electron chi connectivity index (χ0n) is 5.37. The largest absolute Gasteiger partial charge is 0.481 e. The third kappa shape index (κ3) is 1.77. The standard InChI is InChI=1S/C5H6N2O2S/c1-3-6-4(10-7-3)2-5(8)9/h2H2,1H3,(H,8,9). The Hall–Kier alpha value is -0.970. The van der Waals surface area contributed by atoms with E-state index in [9.17, 15) is 4.79 Å². The fourth-order valence-corrected chi connectivity index (χ4v) is 1.18. The fraction of sp³-hybridized carbons (Fsp3) is 0.400. The molecule has 1 N–H and O–H groups in total. The number of carboxylic acids is 1. The predicted molar refractivity (Wildman–Crippen MR) is 36.0 cm³/mol. The van der Waals surface area contributed by atoms with Crippen molar-refractivity contribution < 1.29 is 9.90 Å². The fourth-order valence-electron chi connectivity index (χ4n) is 0.541. The van der Waals surface area contributed by atoms with Crippen LogP contribution in [0.4, 0.5) is 0 Å². The summed E-state index contributed by atoms with van der Waals surface area (Å²) in [6.45, 7) is 1.74. The molecule has 0 amide bonds. The smallest absolute Gasteiger partial charge is 0.310 e. The summed E-state index contributed by atoms with van der Waals surface area (Å²) in [5.41, 5.74) is 0. The minimum atomic E-state index is -0.865. The Balaban J connectivity index is 2.67. The molecule has 0 saturated heterocycles. The Morgan fingerprint density at radius 3 is 2.90 bits per heavy atom.